The summed E-state index contributed by atoms with van der Waals surface area (Å²) in [4.78, 5) is 2.24. The third-order valence-electron chi connectivity index (χ3n) is 7.07. The van der Waals surface area contributed by atoms with Crippen LogP contribution in [0.15, 0.2) is 60.7 Å². The van der Waals surface area contributed by atoms with Gasteiger partial charge in [0.05, 0.1) is 19.4 Å². The number of benzene rings is 3. The maximum atomic E-state index is 15.0. The smallest absolute Gasteiger partial charge is 0.165 e. The minimum absolute atomic E-state index is 0.0785. The molecule has 39 heavy (non-hydrogen) atoms. The molecule has 1 unspecified atom stereocenters. The Hall–Kier alpha value is -3.58. The van der Waals surface area contributed by atoms with Crippen molar-refractivity contribution in [3.63, 3.8) is 0 Å². The molecule has 1 saturated heterocycles. The Bertz CT molecular complexity index is 1320. The predicted molar refractivity (Wildman–Crippen MR) is 149 cm³/mol. The molecule has 0 saturated carbocycles. The largest absolute Gasteiger partial charge is 0.508 e. The molecule has 206 valence electrons. The summed E-state index contributed by atoms with van der Waals surface area (Å²) in [5, 5.41) is 10.1. The minimum Gasteiger partial charge on any atom is -0.508 e. The molecule has 0 spiro atoms. The molecule has 1 atom stereocenters. The van der Waals surface area contributed by atoms with E-state index in [0.717, 1.165) is 59.6 Å². The van der Waals surface area contributed by atoms with Crippen LogP contribution in [0.3, 0.4) is 0 Å². The minimum atomic E-state index is -0.412. The van der Waals surface area contributed by atoms with Crippen LogP contribution in [0.4, 0.5) is 8.78 Å². The number of halogens is 2. The Morgan fingerprint density at radius 2 is 1.85 bits per heavy atom. The first-order valence-electron chi connectivity index (χ1n) is 13.6. The number of hydrogen-bond acceptors (Lipinski definition) is 5. The Morgan fingerprint density at radius 3 is 2.59 bits per heavy atom. The van der Waals surface area contributed by atoms with Crippen molar-refractivity contribution in [2.24, 2.45) is 0 Å². The van der Waals surface area contributed by atoms with Gasteiger partial charge in [-0.05, 0) is 85.4 Å². The van der Waals surface area contributed by atoms with Crippen LogP contribution in [-0.2, 0) is 0 Å². The lowest BCUT2D eigenvalue weighted by atomic mass is 9.88. The van der Waals surface area contributed by atoms with Crippen molar-refractivity contribution in [1.82, 2.24) is 4.90 Å². The fourth-order valence-electron chi connectivity index (χ4n) is 5.32. The number of phenols is 1. The van der Waals surface area contributed by atoms with Gasteiger partial charge in [-0.1, -0.05) is 18.2 Å². The lowest BCUT2D eigenvalue weighted by Gasteiger charge is -2.18. The molecule has 3 aromatic carbocycles. The van der Waals surface area contributed by atoms with Gasteiger partial charge in [0.2, 0.25) is 0 Å². The van der Waals surface area contributed by atoms with Crippen LogP contribution in [0.1, 0.15) is 49.8 Å². The van der Waals surface area contributed by atoms with E-state index in [4.69, 9.17) is 14.2 Å². The molecule has 5 nitrogen and oxygen atoms in total. The van der Waals surface area contributed by atoms with Gasteiger partial charge in [0.25, 0.3) is 0 Å². The molecule has 5 rings (SSSR count). The van der Waals surface area contributed by atoms with Crippen molar-refractivity contribution in [3.8, 4) is 23.0 Å². The average Bonchev–Trinajstić information content (AvgIpc) is 3.27. The molecule has 0 bridgehead atoms. The molecular weight excluding hydrogens is 500 g/mol. The summed E-state index contributed by atoms with van der Waals surface area (Å²) in [6.07, 6.45) is 1.98. The fraction of sp³-hybridized carbons (Fsp3) is 0.375. The Morgan fingerprint density at radius 1 is 1.05 bits per heavy atom. The van der Waals surface area contributed by atoms with Crippen LogP contribution in [0, 0.1) is 5.82 Å². The van der Waals surface area contributed by atoms with Crippen molar-refractivity contribution in [1.29, 1.82) is 0 Å². The van der Waals surface area contributed by atoms with E-state index in [1.165, 1.54) is 6.07 Å². The summed E-state index contributed by atoms with van der Waals surface area (Å²) in [7, 11) is 0. The van der Waals surface area contributed by atoms with Gasteiger partial charge in [-0.2, -0.15) is 0 Å². The van der Waals surface area contributed by atoms with Crippen molar-refractivity contribution in [3.05, 3.63) is 83.2 Å². The van der Waals surface area contributed by atoms with Crippen LogP contribution in [0.25, 0.3) is 11.1 Å². The Balaban J connectivity index is 1.48. The molecule has 2 heterocycles. The van der Waals surface area contributed by atoms with Crippen molar-refractivity contribution in [2.45, 2.75) is 45.3 Å². The maximum Gasteiger partial charge on any atom is 0.165 e. The molecular formula is C32H35F2NO4. The highest BCUT2D eigenvalue weighted by Gasteiger charge is 2.25. The third-order valence-corrected chi connectivity index (χ3v) is 7.07. The Kier molecular flexibility index (Phi) is 8.36. The average molecular weight is 536 g/mol. The highest BCUT2D eigenvalue weighted by molar-refractivity contribution is 6.00. The first-order chi connectivity index (χ1) is 18.9. The van der Waals surface area contributed by atoms with Crippen LogP contribution >= 0.6 is 0 Å². The van der Waals surface area contributed by atoms with Gasteiger partial charge >= 0.3 is 0 Å². The predicted octanol–water partition coefficient (Wildman–Crippen LogP) is 6.87. The molecule has 0 radical (unpaired) electrons. The van der Waals surface area contributed by atoms with Crippen LogP contribution < -0.4 is 14.2 Å². The highest BCUT2D eigenvalue weighted by atomic mass is 19.1. The number of nitrogens with zero attached hydrogens (tertiary/aromatic N) is 1. The van der Waals surface area contributed by atoms with Gasteiger partial charge in [-0.15, -0.1) is 0 Å². The lowest BCUT2D eigenvalue weighted by Crippen LogP contribution is -2.26. The first kappa shape index (κ1) is 27.0. The van der Waals surface area contributed by atoms with E-state index in [1.54, 1.807) is 18.2 Å². The van der Waals surface area contributed by atoms with E-state index in [-0.39, 0.29) is 30.4 Å². The number of ether oxygens (including phenoxy) is 3. The normalized spacial score (nSPS) is 17.6. The van der Waals surface area contributed by atoms with E-state index in [9.17, 15) is 9.50 Å². The number of phenolic OH excluding ortho intramolecular Hbond substituents is 1. The van der Waals surface area contributed by atoms with Crippen molar-refractivity contribution >= 4 is 11.1 Å². The van der Waals surface area contributed by atoms with Gasteiger partial charge < -0.3 is 19.3 Å². The maximum absolute atomic E-state index is 15.0. The summed E-state index contributed by atoms with van der Waals surface area (Å²) in [5.74, 6) is 1.29. The monoisotopic (exact) mass is 535 g/mol. The van der Waals surface area contributed by atoms with Gasteiger partial charge in [-0.3, -0.25) is 9.29 Å². The standard InChI is InChI=1S/C32H35F2NO4/c1-21(2)38-30-11-6-23(18-29(30)34)27-13-17-37-31-19-24(36)7-10-28(31)32(27)22-4-8-25(9-5-22)39-26-12-16-35(20-26)15-3-14-33/h4-11,18-19,21,26,36H,3,12-17,20H2,1-2H3. The molecule has 1 N–H and O–H groups in total. The molecule has 7 heteroatoms. The number of fused-ring (bicyclic) bond motifs is 1. The van der Waals surface area contributed by atoms with Crippen molar-refractivity contribution < 1.29 is 28.1 Å². The Labute approximate surface area is 228 Å². The summed E-state index contributed by atoms with van der Waals surface area (Å²) >= 11 is 0. The molecule has 0 aromatic heterocycles. The number of rotatable bonds is 9. The van der Waals surface area contributed by atoms with Crippen LogP contribution in [0.5, 0.6) is 23.0 Å². The number of hydrogen-bond donors (Lipinski definition) is 1. The summed E-state index contributed by atoms with van der Waals surface area (Å²) < 4.78 is 45.4. The van der Waals surface area contributed by atoms with Gasteiger partial charge in [0, 0.05) is 37.7 Å². The fourth-order valence-corrected chi connectivity index (χ4v) is 5.32. The van der Waals surface area contributed by atoms with E-state index in [2.05, 4.69) is 4.90 Å². The van der Waals surface area contributed by atoms with Gasteiger partial charge in [-0.25, -0.2) is 4.39 Å². The number of likely N-dealkylation sites (tertiary alicyclic amines) is 1. The summed E-state index contributed by atoms with van der Waals surface area (Å²) in [6.45, 7) is 6.31. The van der Waals surface area contributed by atoms with Crippen LogP contribution in [0.2, 0.25) is 0 Å². The topological polar surface area (TPSA) is 51.2 Å². The SMILES string of the molecule is CC(C)Oc1ccc(C2=C(c3ccc(OC4CCN(CCCF)C4)cc3)c3ccc(O)cc3OCC2)cc1F. The second-order valence-electron chi connectivity index (χ2n) is 10.3. The first-order valence-corrected chi connectivity index (χ1v) is 13.6. The van der Waals surface area contributed by atoms with Crippen molar-refractivity contribution in [2.75, 3.05) is 32.9 Å². The van der Waals surface area contributed by atoms with Gasteiger partial charge in [0.15, 0.2) is 11.6 Å². The summed E-state index contributed by atoms with van der Waals surface area (Å²) in [6, 6.07) is 18.1. The lowest BCUT2D eigenvalue weighted by molar-refractivity contribution is 0.198. The van der Waals surface area contributed by atoms with E-state index in [1.807, 2.05) is 50.2 Å². The molecule has 0 amide bonds. The molecule has 3 aromatic rings. The summed E-state index contributed by atoms with van der Waals surface area (Å²) in [5.41, 5.74) is 4.39. The van der Waals surface area contributed by atoms with Crippen LogP contribution in [-0.4, -0.2) is 55.1 Å². The second kappa shape index (κ2) is 12.1. The molecule has 1 fully saturated rings. The third kappa shape index (κ3) is 6.36. The van der Waals surface area contributed by atoms with Gasteiger partial charge in [0.1, 0.15) is 23.4 Å². The molecule has 0 aliphatic carbocycles. The zero-order valence-electron chi connectivity index (χ0n) is 22.5. The molecule has 2 aliphatic heterocycles. The van der Waals surface area contributed by atoms with E-state index < -0.39 is 5.82 Å². The molecule has 2 aliphatic rings. The number of aromatic hydroxyl groups is 1. The van der Waals surface area contributed by atoms with E-state index in [0.29, 0.717) is 25.2 Å². The highest BCUT2D eigenvalue weighted by Crippen LogP contribution is 2.43. The zero-order valence-corrected chi connectivity index (χ0v) is 22.5. The zero-order chi connectivity index (χ0) is 27.4. The number of alkyl halides is 1. The quantitative estimate of drug-likeness (QED) is 0.324. The second-order valence-corrected chi connectivity index (χ2v) is 10.3. The van der Waals surface area contributed by atoms with E-state index >= 15 is 4.39 Å².